The number of hydrogen-bond donors (Lipinski definition) is 1. The molecule has 0 radical (unpaired) electrons. The van der Waals surface area contributed by atoms with Crippen LogP contribution in [0.15, 0.2) is 48.7 Å². The number of benzene rings is 1. The fraction of sp³-hybridized carbons (Fsp3) is 0.176. The van der Waals surface area contributed by atoms with Crippen LogP contribution in [0.2, 0.25) is 0 Å². The summed E-state index contributed by atoms with van der Waals surface area (Å²) >= 11 is 0. The number of fused-ring (bicyclic) bond motifs is 1. The lowest BCUT2D eigenvalue weighted by Crippen LogP contribution is -1.99. The lowest BCUT2D eigenvalue weighted by molar-refractivity contribution is 0.309. The number of hydrogen-bond acceptors (Lipinski definition) is 4. The summed E-state index contributed by atoms with van der Waals surface area (Å²) in [5, 5.41) is 4.08. The highest BCUT2D eigenvalue weighted by Gasteiger charge is 2.04. The molecule has 2 aromatic heterocycles. The van der Waals surface area contributed by atoms with Gasteiger partial charge in [0.1, 0.15) is 23.7 Å². The third-order valence-electron chi connectivity index (χ3n) is 3.30. The summed E-state index contributed by atoms with van der Waals surface area (Å²) in [6.07, 6.45) is 1.82. The lowest BCUT2D eigenvalue weighted by atomic mass is 10.2. The van der Waals surface area contributed by atoms with Crippen LogP contribution >= 0.6 is 0 Å². The van der Waals surface area contributed by atoms with E-state index in [1.54, 1.807) is 0 Å². The average molecular weight is 279 g/mol. The molecule has 0 spiro atoms. The van der Waals surface area contributed by atoms with Gasteiger partial charge in [0.15, 0.2) is 0 Å². The Bertz CT molecular complexity index is 754. The van der Waals surface area contributed by atoms with Crippen molar-refractivity contribution in [2.45, 2.75) is 13.5 Å². The predicted molar refractivity (Wildman–Crippen MR) is 84.6 cm³/mol. The summed E-state index contributed by atoms with van der Waals surface area (Å²) in [6, 6.07) is 14.0. The Morgan fingerprint density at radius 3 is 2.76 bits per heavy atom. The van der Waals surface area contributed by atoms with E-state index in [0.717, 1.165) is 33.7 Å². The number of nitrogens with zero attached hydrogens (tertiary/aromatic N) is 2. The van der Waals surface area contributed by atoms with Gasteiger partial charge in [-0.25, -0.2) is 9.97 Å². The van der Waals surface area contributed by atoms with E-state index in [9.17, 15) is 0 Å². The van der Waals surface area contributed by atoms with E-state index in [1.165, 1.54) is 0 Å². The molecule has 1 N–H and O–H groups in total. The maximum atomic E-state index is 5.91. The zero-order valence-corrected chi connectivity index (χ0v) is 12.1. The highest BCUT2D eigenvalue weighted by Crippen LogP contribution is 2.24. The molecule has 0 aliphatic rings. The highest BCUT2D eigenvalue weighted by atomic mass is 16.5. The SMILES string of the molecule is CNc1ccc(COc2cccc3ccc(C)nc23)cn1. The number of ether oxygens (including phenoxy) is 1. The second-order valence-corrected chi connectivity index (χ2v) is 4.87. The quantitative estimate of drug-likeness (QED) is 0.793. The van der Waals surface area contributed by atoms with E-state index in [0.29, 0.717) is 6.61 Å². The van der Waals surface area contributed by atoms with Gasteiger partial charge in [0, 0.05) is 29.9 Å². The molecule has 0 atom stereocenters. The van der Waals surface area contributed by atoms with Gasteiger partial charge >= 0.3 is 0 Å². The Morgan fingerprint density at radius 1 is 1.10 bits per heavy atom. The summed E-state index contributed by atoms with van der Waals surface area (Å²) in [5.74, 6) is 1.65. The molecule has 0 unspecified atom stereocenters. The molecule has 21 heavy (non-hydrogen) atoms. The molecule has 1 aromatic carbocycles. The van der Waals surface area contributed by atoms with Crippen molar-refractivity contribution >= 4 is 16.7 Å². The molecule has 0 aliphatic heterocycles. The van der Waals surface area contributed by atoms with Crippen LogP contribution < -0.4 is 10.1 Å². The van der Waals surface area contributed by atoms with Crippen LogP contribution in [0.25, 0.3) is 10.9 Å². The Kier molecular flexibility index (Phi) is 3.69. The molecule has 0 fully saturated rings. The summed E-state index contributed by atoms with van der Waals surface area (Å²) < 4.78 is 5.91. The lowest BCUT2D eigenvalue weighted by Gasteiger charge is -2.09. The average Bonchev–Trinajstić information content (AvgIpc) is 2.53. The van der Waals surface area contributed by atoms with Gasteiger partial charge in [-0.1, -0.05) is 24.3 Å². The number of aryl methyl sites for hydroxylation is 1. The van der Waals surface area contributed by atoms with Gasteiger partial charge in [-0.2, -0.15) is 0 Å². The minimum absolute atomic E-state index is 0.478. The van der Waals surface area contributed by atoms with Gasteiger partial charge in [-0.15, -0.1) is 0 Å². The molecule has 3 rings (SSSR count). The Labute approximate surface area is 123 Å². The Hall–Kier alpha value is -2.62. The third-order valence-corrected chi connectivity index (χ3v) is 3.30. The van der Waals surface area contributed by atoms with Crippen molar-refractivity contribution in [3.63, 3.8) is 0 Å². The van der Waals surface area contributed by atoms with Gasteiger partial charge in [-0.05, 0) is 25.1 Å². The maximum absolute atomic E-state index is 5.91. The normalized spacial score (nSPS) is 10.6. The van der Waals surface area contributed by atoms with Gasteiger partial charge < -0.3 is 10.1 Å². The van der Waals surface area contributed by atoms with Crippen molar-refractivity contribution in [3.05, 3.63) is 59.9 Å². The zero-order chi connectivity index (χ0) is 14.7. The number of rotatable bonds is 4. The largest absolute Gasteiger partial charge is 0.487 e. The molecule has 0 saturated carbocycles. The van der Waals surface area contributed by atoms with E-state index >= 15 is 0 Å². The zero-order valence-electron chi connectivity index (χ0n) is 12.1. The monoisotopic (exact) mass is 279 g/mol. The van der Waals surface area contributed by atoms with Crippen molar-refractivity contribution in [2.24, 2.45) is 0 Å². The van der Waals surface area contributed by atoms with Crippen LogP contribution in [-0.4, -0.2) is 17.0 Å². The van der Waals surface area contributed by atoms with E-state index in [-0.39, 0.29) is 0 Å². The molecular formula is C17H17N3O. The first-order chi connectivity index (χ1) is 10.3. The second kappa shape index (κ2) is 5.79. The topological polar surface area (TPSA) is 47.0 Å². The third kappa shape index (κ3) is 2.94. The van der Waals surface area contributed by atoms with Crippen molar-refractivity contribution in [1.82, 2.24) is 9.97 Å². The van der Waals surface area contributed by atoms with Crippen molar-refractivity contribution in [2.75, 3.05) is 12.4 Å². The fourth-order valence-electron chi connectivity index (χ4n) is 2.15. The van der Waals surface area contributed by atoms with Crippen LogP contribution in [0.1, 0.15) is 11.3 Å². The number of anilines is 1. The molecule has 0 saturated heterocycles. The second-order valence-electron chi connectivity index (χ2n) is 4.87. The van der Waals surface area contributed by atoms with Crippen LogP contribution in [0.4, 0.5) is 5.82 Å². The number of aromatic nitrogens is 2. The molecule has 3 aromatic rings. The van der Waals surface area contributed by atoms with Gasteiger partial charge in [0.2, 0.25) is 0 Å². The summed E-state index contributed by atoms with van der Waals surface area (Å²) in [7, 11) is 1.85. The highest BCUT2D eigenvalue weighted by molar-refractivity contribution is 5.84. The molecule has 0 amide bonds. The van der Waals surface area contributed by atoms with Gasteiger partial charge in [0.25, 0.3) is 0 Å². The predicted octanol–water partition coefficient (Wildman–Crippen LogP) is 3.56. The first kappa shape index (κ1) is 13.4. The van der Waals surface area contributed by atoms with Crippen LogP contribution in [-0.2, 0) is 6.61 Å². The van der Waals surface area contributed by atoms with Gasteiger partial charge in [-0.3, -0.25) is 0 Å². The molecule has 4 nitrogen and oxygen atoms in total. The van der Waals surface area contributed by atoms with E-state index < -0.39 is 0 Å². The van der Waals surface area contributed by atoms with Crippen molar-refractivity contribution < 1.29 is 4.74 Å². The van der Waals surface area contributed by atoms with Crippen LogP contribution in [0.3, 0.4) is 0 Å². The fourth-order valence-corrected chi connectivity index (χ4v) is 2.15. The van der Waals surface area contributed by atoms with Crippen molar-refractivity contribution in [3.8, 4) is 5.75 Å². The van der Waals surface area contributed by atoms with E-state index in [1.807, 2.05) is 56.6 Å². The smallest absolute Gasteiger partial charge is 0.146 e. The molecule has 0 bridgehead atoms. The minimum atomic E-state index is 0.478. The maximum Gasteiger partial charge on any atom is 0.146 e. The Balaban J connectivity index is 1.82. The summed E-state index contributed by atoms with van der Waals surface area (Å²) in [5.41, 5.74) is 2.91. The molecule has 106 valence electrons. The molecule has 0 aliphatic carbocycles. The van der Waals surface area contributed by atoms with Gasteiger partial charge in [0.05, 0.1) is 0 Å². The first-order valence-corrected chi connectivity index (χ1v) is 6.88. The number of para-hydroxylation sites is 1. The van der Waals surface area contributed by atoms with Crippen LogP contribution in [0, 0.1) is 6.92 Å². The summed E-state index contributed by atoms with van der Waals surface area (Å²) in [6.45, 7) is 2.46. The molecule has 4 heteroatoms. The number of pyridine rings is 2. The molecule has 2 heterocycles. The summed E-state index contributed by atoms with van der Waals surface area (Å²) in [4.78, 5) is 8.84. The number of nitrogens with one attached hydrogen (secondary N) is 1. The van der Waals surface area contributed by atoms with Crippen LogP contribution in [0.5, 0.6) is 5.75 Å². The standard InChI is InChI=1S/C17H17N3O/c1-12-6-8-14-4-3-5-15(17(14)20-12)21-11-13-7-9-16(18-2)19-10-13/h3-10H,11H2,1-2H3,(H,18,19). The first-order valence-electron chi connectivity index (χ1n) is 6.88. The minimum Gasteiger partial charge on any atom is -0.487 e. The van der Waals surface area contributed by atoms with E-state index in [4.69, 9.17) is 4.74 Å². The molecular weight excluding hydrogens is 262 g/mol. The van der Waals surface area contributed by atoms with Crippen molar-refractivity contribution in [1.29, 1.82) is 0 Å². The Morgan fingerprint density at radius 2 is 2.00 bits per heavy atom. The van der Waals surface area contributed by atoms with E-state index in [2.05, 4.69) is 21.4 Å².